The summed E-state index contributed by atoms with van der Waals surface area (Å²) in [4.78, 5) is 4.10. The molecule has 0 unspecified atom stereocenters. The maximum absolute atomic E-state index is 5.09. The SMILES string of the molecule is C#Cc1nsc(C(C)C)n1. The Morgan fingerprint density at radius 2 is 2.30 bits per heavy atom. The Kier molecular flexibility index (Phi) is 2.03. The Morgan fingerprint density at radius 3 is 2.60 bits per heavy atom. The van der Waals surface area contributed by atoms with Gasteiger partial charge in [0.2, 0.25) is 5.82 Å². The summed E-state index contributed by atoms with van der Waals surface area (Å²) in [5.41, 5.74) is 0. The fourth-order valence-electron chi connectivity index (χ4n) is 0.528. The Labute approximate surface area is 64.5 Å². The third-order valence-corrected chi connectivity index (χ3v) is 2.08. The summed E-state index contributed by atoms with van der Waals surface area (Å²) in [5, 5.41) is 1.01. The lowest BCUT2D eigenvalue weighted by Crippen LogP contribution is -1.84. The second kappa shape index (κ2) is 2.80. The van der Waals surface area contributed by atoms with Crippen LogP contribution in [0.15, 0.2) is 0 Å². The number of rotatable bonds is 1. The number of terminal acetylenes is 1. The summed E-state index contributed by atoms with van der Waals surface area (Å²) >= 11 is 1.38. The molecule has 3 heteroatoms. The maximum atomic E-state index is 5.09. The molecule has 0 atom stereocenters. The largest absolute Gasteiger partial charge is 0.216 e. The molecule has 1 heterocycles. The van der Waals surface area contributed by atoms with Gasteiger partial charge in [0.05, 0.1) is 0 Å². The smallest absolute Gasteiger partial charge is 0.212 e. The second-order valence-electron chi connectivity index (χ2n) is 2.26. The summed E-state index contributed by atoms with van der Waals surface area (Å²) in [6.07, 6.45) is 5.09. The molecule has 0 aliphatic heterocycles. The molecule has 0 amide bonds. The van der Waals surface area contributed by atoms with Crippen LogP contribution in [0.1, 0.15) is 30.6 Å². The molecule has 0 aliphatic carbocycles. The van der Waals surface area contributed by atoms with Crippen molar-refractivity contribution in [2.24, 2.45) is 0 Å². The molecule has 0 spiro atoms. The highest BCUT2D eigenvalue weighted by Gasteiger charge is 2.04. The Bertz CT molecular complexity index is 257. The van der Waals surface area contributed by atoms with Crippen LogP contribution in [-0.2, 0) is 0 Å². The van der Waals surface area contributed by atoms with E-state index in [0.717, 1.165) is 5.01 Å². The summed E-state index contributed by atoms with van der Waals surface area (Å²) in [5.74, 6) is 3.33. The molecule has 1 aromatic heterocycles. The van der Waals surface area contributed by atoms with E-state index in [9.17, 15) is 0 Å². The van der Waals surface area contributed by atoms with Gasteiger partial charge >= 0.3 is 0 Å². The standard InChI is InChI=1S/C7H8N2S/c1-4-6-8-7(5(2)3)10-9-6/h1,5H,2-3H3. The van der Waals surface area contributed by atoms with Gasteiger partial charge in [-0.05, 0) is 17.5 Å². The van der Waals surface area contributed by atoms with Crippen LogP contribution in [0.5, 0.6) is 0 Å². The first-order valence-electron chi connectivity index (χ1n) is 3.04. The Balaban J connectivity index is 2.91. The summed E-state index contributed by atoms with van der Waals surface area (Å²) in [7, 11) is 0. The van der Waals surface area contributed by atoms with Gasteiger partial charge in [0.1, 0.15) is 5.01 Å². The van der Waals surface area contributed by atoms with Crippen molar-refractivity contribution in [3.05, 3.63) is 10.8 Å². The van der Waals surface area contributed by atoms with Crippen molar-refractivity contribution >= 4 is 11.5 Å². The second-order valence-corrected chi connectivity index (χ2v) is 3.04. The number of aromatic nitrogens is 2. The monoisotopic (exact) mass is 152 g/mol. The fraction of sp³-hybridized carbons (Fsp3) is 0.429. The molecule has 0 radical (unpaired) electrons. The molecular weight excluding hydrogens is 144 g/mol. The lowest BCUT2D eigenvalue weighted by atomic mass is 10.2. The van der Waals surface area contributed by atoms with E-state index in [1.165, 1.54) is 11.5 Å². The number of nitrogens with zero attached hydrogens (tertiary/aromatic N) is 2. The first kappa shape index (κ1) is 7.23. The number of hydrogen-bond donors (Lipinski definition) is 0. The van der Waals surface area contributed by atoms with Gasteiger partial charge in [0.15, 0.2) is 0 Å². The highest BCUT2D eigenvalue weighted by Crippen LogP contribution is 2.15. The van der Waals surface area contributed by atoms with Crippen LogP contribution in [-0.4, -0.2) is 9.36 Å². The van der Waals surface area contributed by atoms with Crippen LogP contribution in [0.2, 0.25) is 0 Å². The van der Waals surface area contributed by atoms with Crippen molar-refractivity contribution in [2.45, 2.75) is 19.8 Å². The highest BCUT2D eigenvalue weighted by molar-refractivity contribution is 7.05. The quantitative estimate of drug-likeness (QED) is 0.572. The van der Waals surface area contributed by atoms with E-state index in [2.05, 4.69) is 29.1 Å². The van der Waals surface area contributed by atoms with Crippen molar-refractivity contribution in [2.75, 3.05) is 0 Å². The average molecular weight is 152 g/mol. The van der Waals surface area contributed by atoms with Crippen LogP contribution in [0.4, 0.5) is 0 Å². The topological polar surface area (TPSA) is 25.8 Å². The first-order valence-corrected chi connectivity index (χ1v) is 3.81. The highest BCUT2D eigenvalue weighted by atomic mass is 32.1. The minimum absolute atomic E-state index is 0.430. The van der Waals surface area contributed by atoms with Crippen LogP contribution < -0.4 is 0 Å². The molecule has 52 valence electrons. The summed E-state index contributed by atoms with van der Waals surface area (Å²) in [6, 6.07) is 0. The Hall–Kier alpha value is -0.880. The lowest BCUT2D eigenvalue weighted by Gasteiger charge is -1.92. The zero-order valence-corrected chi connectivity index (χ0v) is 6.77. The fourth-order valence-corrected chi connectivity index (χ4v) is 1.14. The van der Waals surface area contributed by atoms with Crippen molar-refractivity contribution in [1.82, 2.24) is 9.36 Å². The van der Waals surface area contributed by atoms with Crippen molar-refractivity contribution in [3.8, 4) is 12.3 Å². The number of hydrogen-bond acceptors (Lipinski definition) is 3. The predicted octanol–water partition coefficient (Wildman–Crippen LogP) is 1.64. The zero-order valence-electron chi connectivity index (χ0n) is 5.96. The molecule has 0 saturated heterocycles. The van der Waals surface area contributed by atoms with Crippen LogP contribution in [0.25, 0.3) is 0 Å². The zero-order chi connectivity index (χ0) is 7.56. The van der Waals surface area contributed by atoms with Gasteiger partial charge in [0.25, 0.3) is 0 Å². The van der Waals surface area contributed by atoms with Gasteiger partial charge in [-0.3, -0.25) is 0 Å². The maximum Gasteiger partial charge on any atom is 0.216 e. The van der Waals surface area contributed by atoms with E-state index in [1.54, 1.807) is 0 Å². The van der Waals surface area contributed by atoms with Crippen LogP contribution in [0.3, 0.4) is 0 Å². The van der Waals surface area contributed by atoms with E-state index >= 15 is 0 Å². The molecule has 0 aliphatic rings. The minimum Gasteiger partial charge on any atom is -0.212 e. The molecule has 0 saturated carbocycles. The molecule has 0 N–H and O–H groups in total. The van der Waals surface area contributed by atoms with Crippen LogP contribution in [0, 0.1) is 12.3 Å². The molecular formula is C7H8N2S. The normalized spacial score (nSPS) is 9.80. The molecule has 2 nitrogen and oxygen atoms in total. The lowest BCUT2D eigenvalue weighted by molar-refractivity contribution is 0.850. The first-order chi connectivity index (χ1) is 4.74. The van der Waals surface area contributed by atoms with Gasteiger partial charge < -0.3 is 0 Å². The average Bonchev–Trinajstić information content (AvgIpc) is 2.34. The van der Waals surface area contributed by atoms with Gasteiger partial charge in [-0.25, -0.2) is 4.98 Å². The Morgan fingerprint density at radius 1 is 1.60 bits per heavy atom. The van der Waals surface area contributed by atoms with Gasteiger partial charge in [-0.2, -0.15) is 4.37 Å². The van der Waals surface area contributed by atoms with Gasteiger partial charge in [-0.15, -0.1) is 6.42 Å². The molecule has 1 aromatic rings. The van der Waals surface area contributed by atoms with Crippen LogP contribution >= 0.6 is 11.5 Å². The molecule has 10 heavy (non-hydrogen) atoms. The molecule has 0 bridgehead atoms. The van der Waals surface area contributed by atoms with Gasteiger partial charge in [-0.1, -0.05) is 13.8 Å². The van der Waals surface area contributed by atoms with Crippen molar-refractivity contribution < 1.29 is 0 Å². The van der Waals surface area contributed by atoms with E-state index in [0.29, 0.717) is 11.7 Å². The van der Waals surface area contributed by atoms with Gasteiger partial charge in [0, 0.05) is 5.92 Å². The van der Waals surface area contributed by atoms with E-state index in [1.807, 2.05) is 0 Å². The molecule has 0 fully saturated rings. The summed E-state index contributed by atoms with van der Waals surface area (Å²) in [6.45, 7) is 4.14. The van der Waals surface area contributed by atoms with E-state index < -0.39 is 0 Å². The summed E-state index contributed by atoms with van der Waals surface area (Å²) < 4.78 is 3.95. The van der Waals surface area contributed by atoms with Crippen molar-refractivity contribution in [1.29, 1.82) is 0 Å². The molecule has 0 aromatic carbocycles. The van der Waals surface area contributed by atoms with E-state index in [4.69, 9.17) is 6.42 Å². The van der Waals surface area contributed by atoms with Crippen molar-refractivity contribution in [3.63, 3.8) is 0 Å². The predicted molar refractivity (Wildman–Crippen MR) is 41.9 cm³/mol. The third-order valence-electron chi connectivity index (χ3n) is 1.06. The van der Waals surface area contributed by atoms with E-state index in [-0.39, 0.29) is 0 Å². The molecule has 1 rings (SSSR count). The minimum atomic E-state index is 0.430. The third kappa shape index (κ3) is 1.34.